The molecule has 4 nitrogen and oxygen atoms in total. The second kappa shape index (κ2) is 7.65. The van der Waals surface area contributed by atoms with Crippen LogP contribution in [0, 0.1) is 3.57 Å². The first-order chi connectivity index (χ1) is 11.5. The van der Waals surface area contributed by atoms with Crippen LogP contribution < -0.4 is 5.32 Å². The van der Waals surface area contributed by atoms with Crippen molar-refractivity contribution < 1.29 is 14.3 Å². The number of esters is 1. The topological polar surface area (TPSA) is 55.4 Å². The van der Waals surface area contributed by atoms with Gasteiger partial charge in [0.1, 0.15) is 4.88 Å². The standard InChI is InChI=1S/C18H18INO3S/c1-11(17(21)20-14-8-6-13(19)7-9-14)23-18(22)16-10-12-4-2-3-5-15(12)24-16/h6-11H,2-5H2,1H3,(H,20,21). The number of anilines is 1. The van der Waals surface area contributed by atoms with Crippen molar-refractivity contribution in [3.8, 4) is 0 Å². The number of hydrogen-bond acceptors (Lipinski definition) is 4. The molecule has 1 aliphatic carbocycles. The van der Waals surface area contributed by atoms with Gasteiger partial charge in [0.15, 0.2) is 6.10 Å². The SMILES string of the molecule is CC(OC(=O)c1cc2c(s1)CCCC2)C(=O)Nc1ccc(I)cc1. The van der Waals surface area contributed by atoms with E-state index in [9.17, 15) is 9.59 Å². The van der Waals surface area contributed by atoms with Crippen molar-refractivity contribution in [2.45, 2.75) is 38.7 Å². The lowest BCUT2D eigenvalue weighted by atomic mass is 9.99. The third kappa shape index (κ3) is 4.16. The third-order valence-corrected chi connectivity index (χ3v) is 5.90. The molecule has 2 aromatic rings. The molecule has 0 bridgehead atoms. The Morgan fingerprint density at radius 3 is 2.62 bits per heavy atom. The number of carbonyl (C=O) groups is 2. The van der Waals surface area contributed by atoms with Crippen LogP contribution in [0.4, 0.5) is 5.69 Å². The van der Waals surface area contributed by atoms with Gasteiger partial charge in [-0.1, -0.05) is 0 Å². The van der Waals surface area contributed by atoms with Crippen molar-refractivity contribution in [2.24, 2.45) is 0 Å². The maximum Gasteiger partial charge on any atom is 0.349 e. The van der Waals surface area contributed by atoms with E-state index in [1.165, 1.54) is 34.6 Å². The van der Waals surface area contributed by atoms with Gasteiger partial charge in [0.25, 0.3) is 5.91 Å². The highest BCUT2D eigenvalue weighted by Gasteiger charge is 2.22. The molecule has 24 heavy (non-hydrogen) atoms. The van der Waals surface area contributed by atoms with Gasteiger partial charge in [0.05, 0.1) is 0 Å². The summed E-state index contributed by atoms with van der Waals surface area (Å²) in [5.41, 5.74) is 1.95. The summed E-state index contributed by atoms with van der Waals surface area (Å²) in [5, 5.41) is 2.76. The van der Waals surface area contributed by atoms with E-state index in [0.717, 1.165) is 16.4 Å². The van der Waals surface area contributed by atoms with Gasteiger partial charge in [-0.05, 0) is 91.1 Å². The van der Waals surface area contributed by atoms with Crippen LogP contribution in [-0.2, 0) is 22.4 Å². The van der Waals surface area contributed by atoms with Crippen LogP contribution in [-0.4, -0.2) is 18.0 Å². The fraction of sp³-hybridized carbons (Fsp3) is 0.333. The number of aryl methyl sites for hydroxylation is 2. The van der Waals surface area contributed by atoms with E-state index in [4.69, 9.17) is 4.74 Å². The molecule has 0 radical (unpaired) electrons. The number of nitrogens with one attached hydrogen (secondary N) is 1. The zero-order valence-electron chi connectivity index (χ0n) is 13.3. The van der Waals surface area contributed by atoms with E-state index in [2.05, 4.69) is 27.9 Å². The number of carbonyl (C=O) groups excluding carboxylic acids is 2. The molecule has 0 spiro atoms. The summed E-state index contributed by atoms with van der Waals surface area (Å²) in [6.07, 6.45) is 3.58. The van der Waals surface area contributed by atoms with Crippen molar-refractivity contribution in [3.63, 3.8) is 0 Å². The molecule has 1 unspecified atom stereocenters. The van der Waals surface area contributed by atoms with Gasteiger partial charge in [-0.2, -0.15) is 0 Å². The highest BCUT2D eigenvalue weighted by molar-refractivity contribution is 14.1. The minimum atomic E-state index is -0.837. The van der Waals surface area contributed by atoms with Gasteiger partial charge in [-0.15, -0.1) is 11.3 Å². The Kier molecular flexibility index (Phi) is 5.55. The molecule has 6 heteroatoms. The molecule has 1 N–H and O–H groups in total. The van der Waals surface area contributed by atoms with Crippen LogP contribution in [0.25, 0.3) is 0 Å². The summed E-state index contributed by atoms with van der Waals surface area (Å²) in [5.74, 6) is -0.745. The summed E-state index contributed by atoms with van der Waals surface area (Å²) in [7, 11) is 0. The molecule has 1 heterocycles. The highest BCUT2D eigenvalue weighted by atomic mass is 127. The Morgan fingerprint density at radius 1 is 1.21 bits per heavy atom. The molecule has 1 aromatic heterocycles. The number of hydrogen-bond donors (Lipinski definition) is 1. The second-order valence-corrected chi connectivity index (χ2v) is 8.19. The minimum Gasteiger partial charge on any atom is -0.448 e. The molecule has 0 fully saturated rings. The van der Waals surface area contributed by atoms with E-state index >= 15 is 0 Å². The van der Waals surface area contributed by atoms with E-state index in [1.54, 1.807) is 6.92 Å². The smallest absolute Gasteiger partial charge is 0.349 e. The number of fused-ring (bicyclic) bond motifs is 1. The second-order valence-electron chi connectivity index (χ2n) is 5.81. The number of benzene rings is 1. The zero-order chi connectivity index (χ0) is 17.1. The molecule has 1 aromatic carbocycles. The van der Waals surface area contributed by atoms with Gasteiger partial charge < -0.3 is 10.1 Å². The normalized spacial score (nSPS) is 14.6. The van der Waals surface area contributed by atoms with Crippen molar-refractivity contribution in [3.05, 3.63) is 49.2 Å². The third-order valence-electron chi connectivity index (χ3n) is 3.96. The van der Waals surface area contributed by atoms with Gasteiger partial charge in [-0.25, -0.2) is 4.79 Å². The zero-order valence-corrected chi connectivity index (χ0v) is 16.3. The first kappa shape index (κ1) is 17.4. The number of rotatable bonds is 4. The molecule has 1 amide bonds. The summed E-state index contributed by atoms with van der Waals surface area (Å²) in [4.78, 5) is 26.3. The summed E-state index contributed by atoms with van der Waals surface area (Å²) in [6.45, 7) is 1.59. The molecular formula is C18H18INO3S. The number of amides is 1. The van der Waals surface area contributed by atoms with Crippen LogP contribution in [0.5, 0.6) is 0 Å². The lowest BCUT2D eigenvalue weighted by molar-refractivity contribution is -0.123. The summed E-state index contributed by atoms with van der Waals surface area (Å²) in [6, 6.07) is 9.38. The molecule has 1 atom stereocenters. The van der Waals surface area contributed by atoms with Crippen molar-refractivity contribution in [1.82, 2.24) is 0 Å². The molecule has 3 rings (SSSR count). The lowest BCUT2D eigenvalue weighted by Gasteiger charge is -2.13. The van der Waals surface area contributed by atoms with E-state index < -0.39 is 12.1 Å². The number of thiophene rings is 1. The predicted molar refractivity (Wildman–Crippen MR) is 104 cm³/mol. The molecule has 0 saturated heterocycles. The molecular weight excluding hydrogens is 437 g/mol. The largest absolute Gasteiger partial charge is 0.448 e. The van der Waals surface area contributed by atoms with Crippen molar-refractivity contribution in [1.29, 1.82) is 0 Å². The quantitative estimate of drug-likeness (QED) is 0.549. The van der Waals surface area contributed by atoms with E-state index in [1.807, 2.05) is 30.3 Å². The maximum atomic E-state index is 12.3. The van der Waals surface area contributed by atoms with Gasteiger partial charge in [0.2, 0.25) is 0 Å². The number of ether oxygens (including phenoxy) is 1. The van der Waals surface area contributed by atoms with Crippen LogP contribution in [0.1, 0.15) is 39.9 Å². The van der Waals surface area contributed by atoms with Gasteiger partial charge >= 0.3 is 5.97 Å². The molecule has 0 saturated carbocycles. The maximum absolute atomic E-state index is 12.3. The minimum absolute atomic E-state index is 0.328. The van der Waals surface area contributed by atoms with Crippen molar-refractivity contribution >= 4 is 51.5 Å². The Bertz CT molecular complexity index is 731. The van der Waals surface area contributed by atoms with Crippen LogP contribution >= 0.6 is 33.9 Å². The Morgan fingerprint density at radius 2 is 1.92 bits per heavy atom. The first-order valence-corrected chi connectivity index (χ1v) is 9.81. The van der Waals surface area contributed by atoms with Crippen LogP contribution in [0.3, 0.4) is 0 Å². The van der Waals surface area contributed by atoms with Crippen LogP contribution in [0.15, 0.2) is 30.3 Å². The molecule has 126 valence electrons. The average molecular weight is 455 g/mol. The Labute approximate surface area is 158 Å². The monoisotopic (exact) mass is 455 g/mol. The van der Waals surface area contributed by atoms with E-state index in [0.29, 0.717) is 10.6 Å². The summed E-state index contributed by atoms with van der Waals surface area (Å²) >= 11 is 3.70. The van der Waals surface area contributed by atoms with E-state index in [-0.39, 0.29) is 5.91 Å². The fourth-order valence-corrected chi connectivity index (χ4v) is 4.14. The van der Waals surface area contributed by atoms with Crippen molar-refractivity contribution in [2.75, 3.05) is 5.32 Å². The lowest BCUT2D eigenvalue weighted by Crippen LogP contribution is -2.29. The first-order valence-electron chi connectivity index (χ1n) is 7.92. The van der Waals surface area contributed by atoms with Crippen LogP contribution in [0.2, 0.25) is 0 Å². The molecule has 1 aliphatic rings. The van der Waals surface area contributed by atoms with Gasteiger partial charge in [-0.3, -0.25) is 4.79 Å². The Hall–Kier alpha value is -1.41. The predicted octanol–water partition coefficient (Wildman–Crippen LogP) is 4.42. The van der Waals surface area contributed by atoms with Gasteiger partial charge in [0, 0.05) is 14.1 Å². The fourth-order valence-electron chi connectivity index (χ4n) is 2.64. The Balaban J connectivity index is 1.60. The highest BCUT2D eigenvalue weighted by Crippen LogP contribution is 2.30. The molecule has 0 aliphatic heterocycles. The summed E-state index contributed by atoms with van der Waals surface area (Å²) < 4.78 is 6.42. The number of halogens is 1. The average Bonchev–Trinajstić information content (AvgIpc) is 3.01.